The summed E-state index contributed by atoms with van der Waals surface area (Å²) in [6, 6.07) is 14.1. The van der Waals surface area contributed by atoms with Gasteiger partial charge in [-0.1, -0.05) is 29.8 Å². The second-order valence-corrected chi connectivity index (χ2v) is 8.31. The largest absolute Gasteiger partial charge is 0.492 e. The van der Waals surface area contributed by atoms with Crippen LogP contribution in [0.4, 0.5) is 0 Å². The van der Waals surface area contributed by atoms with Crippen molar-refractivity contribution in [2.75, 3.05) is 20.2 Å². The zero-order valence-electron chi connectivity index (χ0n) is 14.5. The number of ether oxygens (including phenoxy) is 1. The van der Waals surface area contributed by atoms with Crippen LogP contribution in [0, 0.1) is 6.92 Å². The molecule has 2 aromatic carbocycles. The topological polar surface area (TPSA) is 59.5 Å². The quantitative estimate of drug-likeness (QED) is 0.640. The van der Waals surface area contributed by atoms with Crippen molar-refractivity contribution >= 4 is 32.5 Å². The van der Waals surface area contributed by atoms with Crippen LogP contribution in [0.5, 0.6) is 5.75 Å². The first-order valence-electron chi connectivity index (χ1n) is 8.09. The number of halogens is 1. The monoisotopic (exact) mass is 390 g/mol. The highest BCUT2D eigenvalue weighted by atomic mass is 35.5. The zero-order valence-corrected chi connectivity index (χ0v) is 16.1. The lowest BCUT2D eigenvalue weighted by molar-refractivity contribution is 0.285. The Bertz CT molecular complexity index is 1040. The number of nitrogens with zero attached hydrogens (tertiary/aromatic N) is 2. The van der Waals surface area contributed by atoms with Crippen LogP contribution in [0.1, 0.15) is 5.56 Å². The number of hydrogen-bond acceptors (Lipinski definition) is 4. The van der Waals surface area contributed by atoms with E-state index in [1.165, 1.54) is 17.4 Å². The lowest BCUT2D eigenvalue weighted by atomic mass is 10.2. The first kappa shape index (κ1) is 18.6. The third kappa shape index (κ3) is 3.67. The summed E-state index contributed by atoms with van der Waals surface area (Å²) >= 11 is 6.13. The van der Waals surface area contributed by atoms with Gasteiger partial charge in [-0.3, -0.25) is 4.98 Å². The highest BCUT2D eigenvalue weighted by Crippen LogP contribution is 2.29. The molecule has 0 unspecified atom stereocenters. The Hall–Kier alpha value is -2.15. The van der Waals surface area contributed by atoms with E-state index in [-0.39, 0.29) is 18.0 Å². The molecular formula is C19H19ClN2O3S. The molecule has 136 valence electrons. The number of rotatable bonds is 6. The minimum atomic E-state index is -3.69. The molecule has 7 heteroatoms. The van der Waals surface area contributed by atoms with Gasteiger partial charge in [0, 0.05) is 25.2 Å². The summed E-state index contributed by atoms with van der Waals surface area (Å²) in [4.78, 5) is 4.37. The summed E-state index contributed by atoms with van der Waals surface area (Å²) < 4.78 is 32.9. The van der Waals surface area contributed by atoms with E-state index in [0.29, 0.717) is 15.9 Å². The number of hydrogen-bond donors (Lipinski definition) is 0. The molecular weight excluding hydrogens is 372 g/mol. The molecule has 1 heterocycles. The summed E-state index contributed by atoms with van der Waals surface area (Å²) in [6.45, 7) is 2.42. The average Bonchev–Trinajstić information content (AvgIpc) is 2.63. The van der Waals surface area contributed by atoms with Crippen LogP contribution < -0.4 is 4.74 Å². The van der Waals surface area contributed by atoms with Gasteiger partial charge in [0.25, 0.3) is 0 Å². The average molecular weight is 391 g/mol. The maximum absolute atomic E-state index is 13.0. The van der Waals surface area contributed by atoms with Gasteiger partial charge >= 0.3 is 0 Å². The van der Waals surface area contributed by atoms with Gasteiger partial charge in [0.2, 0.25) is 10.0 Å². The molecule has 0 N–H and O–H groups in total. The summed E-state index contributed by atoms with van der Waals surface area (Å²) in [5, 5.41) is 0.928. The molecule has 0 aliphatic heterocycles. The Labute approximate surface area is 158 Å². The van der Waals surface area contributed by atoms with Crippen molar-refractivity contribution in [2.24, 2.45) is 0 Å². The molecule has 0 saturated carbocycles. The smallest absolute Gasteiger partial charge is 0.243 e. The van der Waals surface area contributed by atoms with Gasteiger partial charge in [-0.05, 0) is 42.8 Å². The normalized spacial score (nSPS) is 11.8. The Morgan fingerprint density at radius 2 is 1.88 bits per heavy atom. The molecule has 0 atom stereocenters. The van der Waals surface area contributed by atoms with Gasteiger partial charge in [0.15, 0.2) is 0 Å². The van der Waals surface area contributed by atoms with Gasteiger partial charge < -0.3 is 4.74 Å². The fraction of sp³-hybridized carbons (Fsp3) is 0.211. The molecule has 5 nitrogen and oxygen atoms in total. The zero-order chi connectivity index (χ0) is 18.7. The number of aryl methyl sites for hydroxylation is 1. The second kappa shape index (κ2) is 7.61. The molecule has 0 radical (unpaired) electrons. The van der Waals surface area contributed by atoms with E-state index in [4.69, 9.17) is 16.3 Å². The summed E-state index contributed by atoms with van der Waals surface area (Å²) in [6.07, 6.45) is 1.59. The number of likely N-dealkylation sites (N-methyl/N-ethyl adjacent to an activating group) is 1. The van der Waals surface area contributed by atoms with Crippen LogP contribution in [-0.4, -0.2) is 37.9 Å². The number of pyridine rings is 1. The summed E-state index contributed by atoms with van der Waals surface area (Å²) in [5.74, 6) is 0.749. The number of fused-ring (bicyclic) bond motifs is 1. The van der Waals surface area contributed by atoms with Crippen LogP contribution >= 0.6 is 11.6 Å². The van der Waals surface area contributed by atoms with E-state index in [1.807, 2.05) is 31.2 Å². The highest BCUT2D eigenvalue weighted by molar-refractivity contribution is 7.89. The predicted octanol–water partition coefficient (Wildman–Crippen LogP) is 3.90. The second-order valence-electron chi connectivity index (χ2n) is 5.89. The lowest BCUT2D eigenvalue weighted by Crippen LogP contribution is -2.31. The maximum Gasteiger partial charge on any atom is 0.243 e. The first-order valence-corrected chi connectivity index (χ1v) is 9.91. The molecule has 0 fully saturated rings. The van der Waals surface area contributed by atoms with Crippen LogP contribution in [0.2, 0.25) is 5.02 Å². The molecule has 0 bridgehead atoms. The number of para-hydroxylation sites is 1. The number of aromatic nitrogens is 1. The standard InChI is InChI=1S/C19H19ClN2O3S/c1-14-6-3-4-8-17(14)25-13-12-22(2)26(23,24)18-10-9-16(20)19-15(18)7-5-11-21-19/h3-11H,12-13H2,1-2H3. The Kier molecular flexibility index (Phi) is 5.46. The predicted molar refractivity (Wildman–Crippen MR) is 103 cm³/mol. The van der Waals surface area contributed by atoms with Crippen LogP contribution in [0.25, 0.3) is 10.9 Å². The van der Waals surface area contributed by atoms with E-state index < -0.39 is 10.0 Å². The van der Waals surface area contributed by atoms with Crippen molar-refractivity contribution in [2.45, 2.75) is 11.8 Å². The van der Waals surface area contributed by atoms with E-state index in [9.17, 15) is 8.42 Å². The van der Waals surface area contributed by atoms with Gasteiger partial charge in [0.1, 0.15) is 12.4 Å². The lowest BCUT2D eigenvalue weighted by Gasteiger charge is -2.19. The van der Waals surface area contributed by atoms with Gasteiger partial charge in [0.05, 0.1) is 15.4 Å². The van der Waals surface area contributed by atoms with Crippen LogP contribution in [-0.2, 0) is 10.0 Å². The highest BCUT2D eigenvalue weighted by Gasteiger charge is 2.24. The van der Waals surface area contributed by atoms with Crippen molar-refractivity contribution in [3.8, 4) is 5.75 Å². The Morgan fingerprint density at radius 3 is 2.65 bits per heavy atom. The fourth-order valence-electron chi connectivity index (χ4n) is 2.63. The maximum atomic E-state index is 13.0. The summed E-state index contributed by atoms with van der Waals surface area (Å²) in [5.41, 5.74) is 1.48. The molecule has 0 spiro atoms. The molecule has 0 aliphatic rings. The Morgan fingerprint density at radius 1 is 1.12 bits per heavy atom. The van der Waals surface area contributed by atoms with Crippen molar-refractivity contribution < 1.29 is 13.2 Å². The first-order chi connectivity index (χ1) is 12.4. The molecule has 3 aromatic rings. The minimum absolute atomic E-state index is 0.184. The molecule has 0 aliphatic carbocycles. The van der Waals surface area contributed by atoms with Gasteiger partial charge in [-0.2, -0.15) is 4.31 Å². The van der Waals surface area contributed by atoms with Crippen molar-refractivity contribution in [3.63, 3.8) is 0 Å². The fourth-order valence-corrected chi connectivity index (χ4v) is 4.17. The SMILES string of the molecule is Cc1ccccc1OCCN(C)S(=O)(=O)c1ccc(Cl)c2ncccc12. The molecule has 3 rings (SSSR count). The van der Waals surface area contributed by atoms with E-state index in [1.54, 1.807) is 24.4 Å². The van der Waals surface area contributed by atoms with Crippen molar-refractivity contribution in [3.05, 3.63) is 65.3 Å². The summed E-state index contributed by atoms with van der Waals surface area (Å²) in [7, 11) is -2.16. The van der Waals surface area contributed by atoms with Crippen molar-refractivity contribution in [1.29, 1.82) is 0 Å². The third-order valence-electron chi connectivity index (χ3n) is 4.13. The molecule has 0 amide bonds. The van der Waals surface area contributed by atoms with E-state index >= 15 is 0 Å². The van der Waals surface area contributed by atoms with E-state index in [2.05, 4.69) is 4.98 Å². The number of benzene rings is 2. The van der Waals surface area contributed by atoms with Crippen LogP contribution in [0.15, 0.2) is 59.6 Å². The minimum Gasteiger partial charge on any atom is -0.492 e. The Balaban J connectivity index is 1.80. The molecule has 26 heavy (non-hydrogen) atoms. The van der Waals surface area contributed by atoms with E-state index in [0.717, 1.165) is 11.3 Å². The number of sulfonamides is 1. The molecule has 0 saturated heterocycles. The van der Waals surface area contributed by atoms with Crippen LogP contribution in [0.3, 0.4) is 0 Å². The third-order valence-corrected chi connectivity index (χ3v) is 6.35. The molecule has 1 aromatic heterocycles. The van der Waals surface area contributed by atoms with Gasteiger partial charge in [-0.25, -0.2) is 8.42 Å². The van der Waals surface area contributed by atoms with Gasteiger partial charge in [-0.15, -0.1) is 0 Å². The van der Waals surface area contributed by atoms with Crippen molar-refractivity contribution in [1.82, 2.24) is 9.29 Å².